The van der Waals surface area contributed by atoms with Crippen molar-refractivity contribution in [3.63, 3.8) is 0 Å². The molecule has 0 saturated carbocycles. The molecule has 0 radical (unpaired) electrons. The molecule has 0 bridgehead atoms. The van der Waals surface area contributed by atoms with E-state index in [1.807, 2.05) is 24.3 Å². The fourth-order valence-corrected chi connectivity index (χ4v) is 4.80. The molecule has 9 heteroatoms. The molecule has 2 aromatic rings. The van der Waals surface area contributed by atoms with Gasteiger partial charge in [0, 0.05) is 49.7 Å². The second-order valence-electron chi connectivity index (χ2n) is 8.12. The van der Waals surface area contributed by atoms with Crippen molar-refractivity contribution < 1.29 is 22.7 Å². The van der Waals surface area contributed by atoms with E-state index in [9.17, 15) is 18.0 Å². The number of hydrogen-bond acceptors (Lipinski definition) is 4. The highest BCUT2D eigenvalue weighted by atomic mass is 35.5. The van der Waals surface area contributed by atoms with Gasteiger partial charge in [-0.1, -0.05) is 17.7 Å². The Bertz CT molecular complexity index is 985. The van der Waals surface area contributed by atoms with E-state index < -0.39 is 17.7 Å². The van der Waals surface area contributed by atoms with Crippen LogP contribution in [-0.2, 0) is 22.1 Å². The summed E-state index contributed by atoms with van der Waals surface area (Å²) in [6.07, 6.45) is -4.17. The van der Waals surface area contributed by atoms with E-state index in [1.165, 1.54) is 6.07 Å². The molecule has 2 heterocycles. The predicted molar refractivity (Wildman–Crippen MR) is 118 cm³/mol. The lowest BCUT2D eigenvalue weighted by Gasteiger charge is -2.49. The SMILES string of the molecule is COCCNC(=O)[C@H]1Cc2cc(C(F)(F)F)ccc2N2CCN(c3cccc(Cl)c3)C[C@H]12. The zero-order valence-electron chi connectivity index (χ0n) is 17.7. The van der Waals surface area contributed by atoms with Gasteiger partial charge in [0.05, 0.1) is 24.1 Å². The number of ether oxygens (including phenoxy) is 1. The van der Waals surface area contributed by atoms with Crippen LogP contribution in [0, 0.1) is 5.92 Å². The molecule has 4 rings (SSSR count). The summed E-state index contributed by atoms with van der Waals surface area (Å²) in [4.78, 5) is 17.3. The van der Waals surface area contributed by atoms with Crippen LogP contribution >= 0.6 is 11.6 Å². The van der Waals surface area contributed by atoms with E-state index in [4.69, 9.17) is 16.3 Å². The average Bonchev–Trinajstić information content (AvgIpc) is 2.77. The van der Waals surface area contributed by atoms with Crippen molar-refractivity contribution >= 4 is 28.9 Å². The van der Waals surface area contributed by atoms with Crippen LogP contribution in [0.1, 0.15) is 11.1 Å². The zero-order valence-corrected chi connectivity index (χ0v) is 18.4. The molecule has 0 unspecified atom stereocenters. The maximum atomic E-state index is 13.3. The van der Waals surface area contributed by atoms with Gasteiger partial charge in [-0.2, -0.15) is 13.2 Å². The van der Waals surface area contributed by atoms with Crippen molar-refractivity contribution in [1.29, 1.82) is 0 Å². The number of fused-ring (bicyclic) bond motifs is 3. The van der Waals surface area contributed by atoms with Crippen molar-refractivity contribution in [2.75, 3.05) is 49.7 Å². The molecule has 0 aromatic heterocycles. The molecule has 32 heavy (non-hydrogen) atoms. The topological polar surface area (TPSA) is 44.8 Å². The molecular weight excluding hydrogens is 443 g/mol. The van der Waals surface area contributed by atoms with Crippen molar-refractivity contribution in [3.05, 3.63) is 58.6 Å². The minimum Gasteiger partial charge on any atom is -0.383 e. The molecule has 1 N–H and O–H groups in total. The lowest BCUT2D eigenvalue weighted by Crippen LogP contribution is -2.61. The normalized spacial score (nSPS) is 20.5. The molecular formula is C23H25ClF3N3O2. The number of anilines is 2. The molecule has 5 nitrogen and oxygen atoms in total. The van der Waals surface area contributed by atoms with Crippen molar-refractivity contribution in [3.8, 4) is 0 Å². The number of benzene rings is 2. The van der Waals surface area contributed by atoms with Gasteiger partial charge in [-0.25, -0.2) is 0 Å². The fraction of sp³-hybridized carbons (Fsp3) is 0.435. The standard InChI is InChI=1S/C23H25ClF3N3O2/c1-32-10-7-28-22(31)19-12-15-11-16(23(25,26)27)5-6-20(15)30-9-8-29(14-21(19)30)18-4-2-3-17(24)13-18/h2-6,11,13,19,21H,7-10,12,14H2,1H3,(H,28,31)/t19-,21+/m0/s1. The number of alkyl halides is 3. The summed E-state index contributed by atoms with van der Waals surface area (Å²) in [5.74, 6) is -0.655. The van der Waals surface area contributed by atoms with Gasteiger partial charge in [0.25, 0.3) is 0 Å². The summed E-state index contributed by atoms with van der Waals surface area (Å²) in [6, 6.07) is 11.2. The first-order valence-electron chi connectivity index (χ1n) is 10.5. The van der Waals surface area contributed by atoms with Gasteiger partial charge in [-0.3, -0.25) is 4.79 Å². The van der Waals surface area contributed by atoms with Gasteiger partial charge in [0.1, 0.15) is 0 Å². The molecule has 2 atom stereocenters. The lowest BCUT2D eigenvalue weighted by molar-refractivity contribution is -0.137. The zero-order chi connectivity index (χ0) is 22.9. The molecule has 1 fully saturated rings. The number of hydrogen-bond donors (Lipinski definition) is 1. The number of carbonyl (C=O) groups is 1. The van der Waals surface area contributed by atoms with E-state index in [0.717, 1.165) is 17.4 Å². The average molecular weight is 468 g/mol. The summed E-state index contributed by atoms with van der Waals surface area (Å²) in [7, 11) is 1.55. The third kappa shape index (κ3) is 4.66. The quantitative estimate of drug-likeness (QED) is 0.675. The van der Waals surface area contributed by atoms with E-state index in [0.29, 0.717) is 43.4 Å². The first-order valence-corrected chi connectivity index (χ1v) is 10.9. The number of nitrogens with zero attached hydrogens (tertiary/aromatic N) is 2. The number of amides is 1. The number of piperazine rings is 1. The Morgan fingerprint density at radius 2 is 2.03 bits per heavy atom. The highest BCUT2D eigenvalue weighted by Crippen LogP contribution is 2.40. The number of halogens is 4. The van der Waals surface area contributed by atoms with Crippen LogP contribution in [0.4, 0.5) is 24.5 Å². The Kier molecular flexibility index (Phi) is 6.53. The first kappa shape index (κ1) is 22.7. The first-order chi connectivity index (χ1) is 15.3. The summed E-state index contributed by atoms with van der Waals surface area (Å²) in [5, 5.41) is 3.51. The minimum atomic E-state index is -4.42. The number of nitrogens with one attached hydrogen (secondary N) is 1. The fourth-order valence-electron chi connectivity index (χ4n) is 4.61. The lowest BCUT2D eigenvalue weighted by atomic mass is 9.82. The van der Waals surface area contributed by atoms with E-state index in [-0.39, 0.29) is 18.4 Å². The number of methoxy groups -OCH3 is 1. The Morgan fingerprint density at radius 1 is 1.22 bits per heavy atom. The number of rotatable bonds is 5. The van der Waals surface area contributed by atoms with Gasteiger partial charge in [0.15, 0.2) is 0 Å². The van der Waals surface area contributed by atoms with Crippen molar-refractivity contribution in [1.82, 2.24) is 5.32 Å². The van der Waals surface area contributed by atoms with E-state index in [2.05, 4.69) is 15.1 Å². The van der Waals surface area contributed by atoms with Crippen LogP contribution < -0.4 is 15.1 Å². The predicted octanol–water partition coefficient (Wildman–Crippen LogP) is 3.99. The van der Waals surface area contributed by atoms with E-state index in [1.54, 1.807) is 13.2 Å². The van der Waals surface area contributed by atoms with Crippen LogP contribution in [0.25, 0.3) is 0 Å². The van der Waals surface area contributed by atoms with Crippen LogP contribution in [0.15, 0.2) is 42.5 Å². The second-order valence-corrected chi connectivity index (χ2v) is 8.56. The summed E-state index contributed by atoms with van der Waals surface area (Å²) < 4.78 is 44.9. The molecule has 2 aromatic carbocycles. The highest BCUT2D eigenvalue weighted by molar-refractivity contribution is 6.30. The Balaban J connectivity index is 1.65. The molecule has 1 saturated heterocycles. The van der Waals surface area contributed by atoms with Gasteiger partial charge >= 0.3 is 6.18 Å². The molecule has 1 amide bonds. The molecule has 172 valence electrons. The van der Waals surface area contributed by atoms with Gasteiger partial charge in [0.2, 0.25) is 5.91 Å². The second kappa shape index (κ2) is 9.19. The molecule has 0 aliphatic carbocycles. The monoisotopic (exact) mass is 467 g/mol. The third-order valence-corrected chi connectivity index (χ3v) is 6.39. The Morgan fingerprint density at radius 3 is 2.75 bits per heavy atom. The van der Waals surface area contributed by atoms with Crippen molar-refractivity contribution in [2.45, 2.75) is 18.6 Å². The highest BCUT2D eigenvalue weighted by Gasteiger charge is 2.42. The maximum absolute atomic E-state index is 13.3. The minimum absolute atomic E-state index is 0.172. The number of carbonyl (C=O) groups excluding carboxylic acids is 1. The van der Waals surface area contributed by atoms with Gasteiger partial charge in [-0.15, -0.1) is 0 Å². The van der Waals surface area contributed by atoms with Crippen LogP contribution in [0.3, 0.4) is 0 Å². The Hall–Kier alpha value is -2.45. The van der Waals surface area contributed by atoms with Gasteiger partial charge in [-0.05, 0) is 48.4 Å². The largest absolute Gasteiger partial charge is 0.416 e. The molecule has 2 aliphatic heterocycles. The van der Waals surface area contributed by atoms with Crippen LogP contribution in [-0.4, -0.2) is 51.8 Å². The summed E-state index contributed by atoms with van der Waals surface area (Å²) >= 11 is 6.17. The third-order valence-electron chi connectivity index (χ3n) is 6.15. The molecule has 2 aliphatic rings. The molecule has 0 spiro atoms. The van der Waals surface area contributed by atoms with Crippen LogP contribution in [0.2, 0.25) is 5.02 Å². The summed E-state index contributed by atoms with van der Waals surface area (Å²) in [5.41, 5.74) is 1.61. The van der Waals surface area contributed by atoms with E-state index >= 15 is 0 Å². The Labute approximate surface area is 190 Å². The summed E-state index contributed by atoms with van der Waals surface area (Å²) in [6.45, 7) is 2.57. The van der Waals surface area contributed by atoms with Crippen molar-refractivity contribution in [2.24, 2.45) is 5.92 Å². The smallest absolute Gasteiger partial charge is 0.383 e. The maximum Gasteiger partial charge on any atom is 0.416 e. The van der Waals surface area contributed by atoms with Gasteiger partial charge < -0.3 is 19.9 Å². The van der Waals surface area contributed by atoms with Crippen LogP contribution in [0.5, 0.6) is 0 Å².